The second-order valence-corrected chi connectivity index (χ2v) is 5.82. The Kier molecular flexibility index (Phi) is 3.15. The second kappa shape index (κ2) is 4.35. The van der Waals surface area contributed by atoms with Gasteiger partial charge in [0.25, 0.3) is 0 Å². The third kappa shape index (κ3) is 2.53. The van der Waals surface area contributed by atoms with E-state index in [1.807, 2.05) is 26.8 Å². The predicted molar refractivity (Wildman–Crippen MR) is 73.1 cm³/mol. The van der Waals surface area contributed by atoms with Crippen LogP contribution in [0, 0.1) is 0 Å². The first-order valence-corrected chi connectivity index (χ1v) is 6.24. The maximum absolute atomic E-state index is 12.1. The third-order valence-electron chi connectivity index (χ3n) is 2.67. The molecule has 2 rings (SSSR count). The van der Waals surface area contributed by atoms with E-state index in [9.17, 15) is 4.79 Å². The van der Waals surface area contributed by atoms with E-state index < -0.39 is 5.60 Å². The Morgan fingerprint density at radius 2 is 2.11 bits per heavy atom. The van der Waals surface area contributed by atoms with Crippen LogP contribution in [-0.4, -0.2) is 18.2 Å². The largest absolute Gasteiger partial charge is 0.443 e. The molecule has 0 saturated carbocycles. The topological polar surface area (TPSA) is 55.6 Å². The fourth-order valence-corrected chi connectivity index (χ4v) is 2.29. The monoisotopic (exact) mass is 268 g/mol. The summed E-state index contributed by atoms with van der Waals surface area (Å²) in [6.45, 7) is 6.10. The van der Waals surface area contributed by atoms with Gasteiger partial charge in [0, 0.05) is 11.6 Å². The molecule has 1 heterocycles. The van der Waals surface area contributed by atoms with Crippen LogP contribution in [0.3, 0.4) is 0 Å². The first kappa shape index (κ1) is 13.0. The Balaban J connectivity index is 2.29. The highest BCUT2D eigenvalue weighted by Crippen LogP contribution is 2.37. The van der Waals surface area contributed by atoms with Gasteiger partial charge in [0.15, 0.2) is 0 Å². The summed E-state index contributed by atoms with van der Waals surface area (Å²) in [5, 5.41) is 0.595. The number of fused-ring (bicyclic) bond motifs is 1. The van der Waals surface area contributed by atoms with Crippen LogP contribution >= 0.6 is 11.6 Å². The summed E-state index contributed by atoms with van der Waals surface area (Å²) in [4.78, 5) is 13.7. The van der Waals surface area contributed by atoms with Crippen LogP contribution in [-0.2, 0) is 11.2 Å². The van der Waals surface area contributed by atoms with E-state index in [1.54, 1.807) is 11.0 Å². The Morgan fingerprint density at radius 3 is 2.72 bits per heavy atom. The molecule has 0 bridgehead atoms. The summed E-state index contributed by atoms with van der Waals surface area (Å²) in [6, 6.07) is 3.50. The van der Waals surface area contributed by atoms with E-state index in [0.29, 0.717) is 17.3 Å². The van der Waals surface area contributed by atoms with Crippen molar-refractivity contribution in [2.75, 3.05) is 17.2 Å². The fraction of sp³-hybridized carbons (Fsp3) is 0.462. The number of nitrogens with two attached hydrogens (primary N) is 1. The molecule has 5 heteroatoms. The van der Waals surface area contributed by atoms with Crippen molar-refractivity contribution >= 4 is 29.1 Å². The number of nitrogens with zero attached hydrogens (tertiary/aromatic N) is 1. The molecule has 0 fully saturated rings. The average Bonchev–Trinajstić information content (AvgIpc) is 2.58. The molecule has 1 aliphatic rings. The van der Waals surface area contributed by atoms with E-state index in [0.717, 1.165) is 17.7 Å². The van der Waals surface area contributed by atoms with Crippen molar-refractivity contribution in [3.63, 3.8) is 0 Å². The summed E-state index contributed by atoms with van der Waals surface area (Å²) in [5.41, 5.74) is 7.65. The SMILES string of the molecule is CC(C)(C)OC(=O)N1CCc2cc(Cl)cc(N)c21. The zero-order valence-electron chi connectivity index (χ0n) is 10.8. The maximum Gasteiger partial charge on any atom is 0.414 e. The molecule has 1 amide bonds. The number of anilines is 2. The molecule has 0 radical (unpaired) electrons. The average molecular weight is 269 g/mol. The summed E-state index contributed by atoms with van der Waals surface area (Å²) in [5.74, 6) is 0. The lowest BCUT2D eigenvalue weighted by Crippen LogP contribution is -2.36. The Bertz CT molecular complexity index is 494. The highest BCUT2D eigenvalue weighted by molar-refractivity contribution is 6.31. The molecule has 0 spiro atoms. The van der Waals surface area contributed by atoms with Gasteiger partial charge < -0.3 is 10.5 Å². The Hall–Kier alpha value is -1.42. The normalized spacial score (nSPS) is 14.6. The van der Waals surface area contributed by atoms with E-state index in [4.69, 9.17) is 22.1 Å². The number of amides is 1. The third-order valence-corrected chi connectivity index (χ3v) is 2.89. The molecule has 18 heavy (non-hydrogen) atoms. The number of halogens is 1. The van der Waals surface area contributed by atoms with E-state index >= 15 is 0 Å². The highest BCUT2D eigenvalue weighted by atomic mass is 35.5. The molecule has 0 saturated heterocycles. The van der Waals surface area contributed by atoms with Crippen molar-refractivity contribution in [3.8, 4) is 0 Å². The molecule has 1 aliphatic heterocycles. The van der Waals surface area contributed by atoms with Crippen molar-refractivity contribution in [2.45, 2.75) is 32.8 Å². The molecule has 1 aromatic rings. The number of rotatable bonds is 0. The number of carbonyl (C=O) groups is 1. The van der Waals surface area contributed by atoms with Gasteiger partial charge in [-0.15, -0.1) is 0 Å². The fourth-order valence-electron chi connectivity index (χ4n) is 2.04. The molecule has 98 valence electrons. The summed E-state index contributed by atoms with van der Waals surface area (Å²) in [7, 11) is 0. The molecule has 2 N–H and O–H groups in total. The number of benzene rings is 1. The standard InChI is InChI=1S/C13H17ClN2O2/c1-13(2,3)18-12(17)16-5-4-8-6-9(14)7-10(15)11(8)16/h6-7H,4-5,15H2,1-3H3. The molecule has 0 aromatic heterocycles. The smallest absolute Gasteiger partial charge is 0.414 e. The van der Waals surface area contributed by atoms with Crippen LogP contribution < -0.4 is 10.6 Å². The molecule has 0 aliphatic carbocycles. The van der Waals surface area contributed by atoms with E-state index in [-0.39, 0.29) is 6.09 Å². The van der Waals surface area contributed by atoms with Crippen LogP contribution in [0.4, 0.5) is 16.2 Å². The lowest BCUT2D eigenvalue weighted by Gasteiger charge is -2.25. The van der Waals surface area contributed by atoms with Crippen molar-refractivity contribution in [2.24, 2.45) is 0 Å². The zero-order valence-corrected chi connectivity index (χ0v) is 11.5. The van der Waals surface area contributed by atoms with Gasteiger partial charge in [-0.25, -0.2) is 4.79 Å². The highest BCUT2D eigenvalue weighted by Gasteiger charge is 2.30. The van der Waals surface area contributed by atoms with Crippen LogP contribution in [0.5, 0.6) is 0 Å². The Labute approximate surface area is 112 Å². The summed E-state index contributed by atoms with van der Waals surface area (Å²) >= 11 is 5.95. The van der Waals surface area contributed by atoms with Crippen LogP contribution in [0.25, 0.3) is 0 Å². The van der Waals surface area contributed by atoms with Gasteiger partial charge in [-0.3, -0.25) is 4.90 Å². The minimum Gasteiger partial charge on any atom is -0.443 e. The number of ether oxygens (including phenoxy) is 1. The first-order chi connectivity index (χ1) is 8.28. The predicted octanol–water partition coefficient (Wildman–Crippen LogP) is 3.22. The quantitative estimate of drug-likeness (QED) is 0.735. The number of hydrogen-bond donors (Lipinski definition) is 1. The van der Waals surface area contributed by atoms with Crippen molar-refractivity contribution in [3.05, 3.63) is 22.7 Å². The van der Waals surface area contributed by atoms with Gasteiger partial charge in [0.1, 0.15) is 5.60 Å². The second-order valence-electron chi connectivity index (χ2n) is 5.38. The molecule has 0 unspecified atom stereocenters. The molecular weight excluding hydrogens is 252 g/mol. The van der Waals surface area contributed by atoms with Crippen LogP contribution in [0.2, 0.25) is 5.02 Å². The van der Waals surface area contributed by atoms with Gasteiger partial charge in [-0.1, -0.05) is 11.6 Å². The molecule has 0 atom stereocenters. The minimum absolute atomic E-state index is 0.365. The Morgan fingerprint density at radius 1 is 1.44 bits per heavy atom. The van der Waals surface area contributed by atoms with Crippen molar-refractivity contribution in [1.82, 2.24) is 0 Å². The zero-order chi connectivity index (χ0) is 13.5. The van der Waals surface area contributed by atoms with Gasteiger partial charge >= 0.3 is 6.09 Å². The van der Waals surface area contributed by atoms with Gasteiger partial charge in [0.05, 0.1) is 11.4 Å². The van der Waals surface area contributed by atoms with Gasteiger partial charge in [0.2, 0.25) is 0 Å². The summed E-state index contributed by atoms with van der Waals surface area (Å²) < 4.78 is 5.36. The van der Waals surface area contributed by atoms with Crippen LogP contribution in [0.1, 0.15) is 26.3 Å². The lowest BCUT2D eigenvalue weighted by atomic mass is 10.1. The molecule has 4 nitrogen and oxygen atoms in total. The summed E-state index contributed by atoms with van der Waals surface area (Å²) in [6.07, 6.45) is 0.384. The number of nitrogen functional groups attached to an aromatic ring is 1. The lowest BCUT2D eigenvalue weighted by molar-refractivity contribution is 0.0584. The maximum atomic E-state index is 12.1. The van der Waals surface area contributed by atoms with E-state index in [1.165, 1.54) is 0 Å². The van der Waals surface area contributed by atoms with Gasteiger partial charge in [-0.2, -0.15) is 0 Å². The first-order valence-electron chi connectivity index (χ1n) is 5.86. The van der Waals surface area contributed by atoms with Gasteiger partial charge in [-0.05, 0) is 44.9 Å². The number of carbonyl (C=O) groups excluding carboxylic acids is 1. The van der Waals surface area contributed by atoms with Crippen LogP contribution in [0.15, 0.2) is 12.1 Å². The number of hydrogen-bond acceptors (Lipinski definition) is 3. The van der Waals surface area contributed by atoms with Crippen molar-refractivity contribution in [1.29, 1.82) is 0 Å². The van der Waals surface area contributed by atoms with E-state index in [2.05, 4.69) is 0 Å². The molecular formula is C13H17ClN2O2. The minimum atomic E-state index is -0.513. The molecule has 1 aromatic carbocycles. The van der Waals surface area contributed by atoms with Crippen molar-refractivity contribution < 1.29 is 9.53 Å².